The van der Waals surface area contributed by atoms with Gasteiger partial charge in [-0.1, -0.05) is 12.1 Å². The highest BCUT2D eigenvalue weighted by Gasteiger charge is 2.41. The van der Waals surface area contributed by atoms with Crippen LogP contribution in [0.1, 0.15) is 18.5 Å². The van der Waals surface area contributed by atoms with E-state index in [0.29, 0.717) is 11.3 Å². The van der Waals surface area contributed by atoms with E-state index in [9.17, 15) is 4.39 Å². The Bertz CT molecular complexity index is 529. The fourth-order valence-electron chi connectivity index (χ4n) is 1.79. The molecule has 1 aliphatic carbocycles. The minimum atomic E-state index is -0.262. The van der Waals surface area contributed by atoms with Gasteiger partial charge in [-0.3, -0.25) is 5.10 Å². The van der Waals surface area contributed by atoms with Crippen LogP contribution >= 0.6 is 0 Å². The van der Waals surface area contributed by atoms with Crippen molar-refractivity contribution in [1.29, 1.82) is 0 Å². The van der Waals surface area contributed by atoms with Gasteiger partial charge in [0, 0.05) is 5.56 Å². The zero-order valence-electron chi connectivity index (χ0n) is 8.70. The maximum atomic E-state index is 13.5. The van der Waals surface area contributed by atoms with E-state index in [1.54, 1.807) is 18.2 Å². The summed E-state index contributed by atoms with van der Waals surface area (Å²) in [6, 6.07) is 8.44. The van der Waals surface area contributed by atoms with Crippen LogP contribution in [0.4, 0.5) is 4.39 Å². The maximum absolute atomic E-state index is 13.5. The molecule has 0 radical (unpaired) electrons. The van der Waals surface area contributed by atoms with E-state index in [1.807, 2.05) is 6.07 Å². The molecule has 0 aliphatic heterocycles. The molecule has 1 fully saturated rings. The SMILES string of the molecule is NC1(c2cc(-c3ccccc3F)n[nH]2)CC1. The molecule has 0 saturated heterocycles. The van der Waals surface area contributed by atoms with E-state index in [2.05, 4.69) is 10.2 Å². The predicted molar refractivity (Wildman–Crippen MR) is 59.1 cm³/mol. The lowest BCUT2D eigenvalue weighted by Crippen LogP contribution is -2.18. The molecular weight excluding hydrogens is 205 g/mol. The topological polar surface area (TPSA) is 54.7 Å². The number of nitrogens with two attached hydrogens (primary N) is 1. The molecule has 16 heavy (non-hydrogen) atoms. The molecule has 3 nitrogen and oxygen atoms in total. The van der Waals surface area contributed by atoms with Gasteiger partial charge >= 0.3 is 0 Å². The van der Waals surface area contributed by atoms with E-state index in [4.69, 9.17) is 5.73 Å². The number of aromatic nitrogens is 2. The molecule has 1 aliphatic rings. The molecule has 1 heterocycles. The zero-order chi connectivity index (χ0) is 11.2. The van der Waals surface area contributed by atoms with Crippen molar-refractivity contribution in [3.8, 4) is 11.3 Å². The van der Waals surface area contributed by atoms with Gasteiger partial charge in [0.15, 0.2) is 0 Å². The van der Waals surface area contributed by atoms with Crippen LogP contribution in [0.3, 0.4) is 0 Å². The number of aromatic amines is 1. The smallest absolute Gasteiger partial charge is 0.132 e. The number of halogens is 1. The van der Waals surface area contributed by atoms with Crippen LogP contribution in [0.2, 0.25) is 0 Å². The van der Waals surface area contributed by atoms with Gasteiger partial charge in [-0.15, -0.1) is 0 Å². The average Bonchev–Trinajstić information content (AvgIpc) is 2.84. The van der Waals surface area contributed by atoms with Gasteiger partial charge in [-0.05, 0) is 31.0 Å². The molecule has 1 aromatic heterocycles. The Kier molecular flexibility index (Phi) is 1.88. The third-order valence-corrected chi connectivity index (χ3v) is 3.05. The highest BCUT2D eigenvalue weighted by atomic mass is 19.1. The molecule has 0 atom stereocenters. The molecule has 4 heteroatoms. The third-order valence-electron chi connectivity index (χ3n) is 3.05. The number of hydrogen-bond donors (Lipinski definition) is 2. The largest absolute Gasteiger partial charge is 0.320 e. The Balaban J connectivity index is 2.02. The van der Waals surface area contributed by atoms with E-state index >= 15 is 0 Å². The summed E-state index contributed by atoms with van der Waals surface area (Å²) in [4.78, 5) is 0. The summed E-state index contributed by atoms with van der Waals surface area (Å²) in [5, 5.41) is 7.00. The zero-order valence-corrected chi connectivity index (χ0v) is 8.70. The van der Waals surface area contributed by atoms with Gasteiger partial charge in [-0.2, -0.15) is 5.10 Å². The molecule has 0 bridgehead atoms. The average molecular weight is 217 g/mol. The number of nitrogens with one attached hydrogen (secondary N) is 1. The summed E-state index contributed by atoms with van der Waals surface area (Å²) in [5.41, 5.74) is 7.80. The van der Waals surface area contributed by atoms with Crippen molar-refractivity contribution in [3.63, 3.8) is 0 Å². The van der Waals surface area contributed by atoms with Crippen LogP contribution in [0, 0.1) is 5.82 Å². The fraction of sp³-hybridized carbons (Fsp3) is 0.250. The second-order valence-electron chi connectivity index (χ2n) is 4.30. The van der Waals surface area contributed by atoms with Crippen LogP contribution in [-0.4, -0.2) is 10.2 Å². The molecule has 3 N–H and O–H groups in total. The Morgan fingerprint density at radius 2 is 2.06 bits per heavy atom. The Hall–Kier alpha value is -1.68. The number of hydrogen-bond acceptors (Lipinski definition) is 2. The van der Waals surface area contributed by atoms with Crippen molar-refractivity contribution >= 4 is 0 Å². The highest BCUT2D eigenvalue weighted by molar-refractivity contribution is 5.60. The second kappa shape index (κ2) is 3.15. The Morgan fingerprint density at radius 1 is 1.31 bits per heavy atom. The first-order valence-electron chi connectivity index (χ1n) is 5.29. The van der Waals surface area contributed by atoms with Gasteiger partial charge in [0.1, 0.15) is 5.82 Å². The minimum absolute atomic E-state index is 0.253. The van der Waals surface area contributed by atoms with Crippen LogP contribution in [-0.2, 0) is 5.54 Å². The predicted octanol–water partition coefficient (Wildman–Crippen LogP) is 2.16. The van der Waals surface area contributed by atoms with Gasteiger partial charge < -0.3 is 5.73 Å². The van der Waals surface area contributed by atoms with Crippen LogP contribution in [0.5, 0.6) is 0 Å². The number of rotatable bonds is 2. The first kappa shape index (κ1) is 9.54. The van der Waals surface area contributed by atoms with Gasteiger partial charge in [0.05, 0.1) is 16.9 Å². The van der Waals surface area contributed by atoms with Crippen LogP contribution in [0.15, 0.2) is 30.3 Å². The quantitative estimate of drug-likeness (QED) is 0.809. The van der Waals surface area contributed by atoms with Crippen molar-refractivity contribution in [2.45, 2.75) is 18.4 Å². The molecular formula is C12H12FN3. The molecule has 82 valence electrons. The molecule has 0 spiro atoms. The summed E-state index contributed by atoms with van der Waals surface area (Å²) in [6.45, 7) is 0. The van der Waals surface area contributed by atoms with Gasteiger partial charge in [0.25, 0.3) is 0 Å². The number of H-pyrrole nitrogens is 1. The molecule has 2 aromatic rings. The van der Waals surface area contributed by atoms with Crippen molar-refractivity contribution in [1.82, 2.24) is 10.2 Å². The summed E-state index contributed by atoms with van der Waals surface area (Å²) >= 11 is 0. The molecule has 3 rings (SSSR count). The molecule has 1 saturated carbocycles. The third kappa shape index (κ3) is 1.42. The lowest BCUT2D eigenvalue weighted by Gasteiger charge is -2.02. The maximum Gasteiger partial charge on any atom is 0.132 e. The van der Waals surface area contributed by atoms with E-state index in [0.717, 1.165) is 18.5 Å². The monoisotopic (exact) mass is 217 g/mol. The number of nitrogens with zero attached hydrogens (tertiary/aromatic N) is 1. The molecule has 0 amide bonds. The molecule has 1 aromatic carbocycles. The highest BCUT2D eigenvalue weighted by Crippen LogP contribution is 2.42. The van der Waals surface area contributed by atoms with Gasteiger partial charge in [-0.25, -0.2) is 4.39 Å². The summed E-state index contributed by atoms with van der Waals surface area (Å²) < 4.78 is 13.5. The minimum Gasteiger partial charge on any atom is -0.320 e. The van der Waals surface area contributed by atoms with Crippen LogP contribution in [0.25, 0.3) is 11.3 Å². The van der Waals surface area contributed by atoms with Gasteiger partial charge in [0.2, 0.25) is 0 Å². The van der Waals surface area contributed by atoms with Crippen molar-refractivity contribution in [3.05, 3.63) is 41.8 Å². The van der Waals surface area contributed by atoms with E-state index in [-0.39, 0.29) is 11.4 Å². The number of benzene rings is 1. The summed E-state index contributed by atoms with van der Waals surface area (Å²) in [5.74, 6) is -0.262. The first-order valence-corrected chi connectivity index (χ1v) is 5.29. The summed E-state index contributed by atoms with van der Waals surface area (Å²) in [7, 11) is 0. The lowest BCUT2D eigenvalue weighted by molar-refractivity contribution is 0.630. The molecule has 0 unspecified atom stereocenters. The summed E-state index contributed by atoms with van der Waals surface area (Å²) in [6.07, 6.45) is 1.93. The Labute approximate surface area is 92.5 Å². The van der Waals surface area contributed by atoms with Crippen LogP contribution < -0.4 is 5.73 Å². The lowest BCUT2D eigenvalue weighted by atomic mass is 10.1. The van der Waals surface area contributed by atoms with Crippen molar-refractivity contribution in [2.24, 2.45) is 5.73 Å². The first-order chi connectivity index (χ1) is 7.69. The standard InChI is InChI=1S/C12H12FN3/c13-9-4-2-1-3-8(9)10-7-11(16-15-10)12(14)5-6-12/h1-4,7H,5-6,14H2,(H,15,16). The van der Waals surface area contributed by atoms with Crippen molar-refractivity contribution in [2.75, 3.05) is 0 Å². The normalized spacial score (nSPS) is 17.4. The van der Waals surface area contributed by atoms with E-state index < -0.39 is 0 Å². The van der Waals surface area contributed by atoms with Crippen molar-refractivity contribution < 1.29 is 4.39 Å². The fourth-order valence-corrected chi connectivity index (χ4v) is 1.79. The Morgan fingerprint density at radius 3 is 2.75 bits per heavy atom. The second-order valence-corrected chi connectivity index (χ2v) is 4.30. The van der Waals surface area contributed by atoms with E-state index in [1.165, 1.54) is 6.07 Å².